The third-order valence-corrected chi connectivity index (χ3v) is 5.74. The second-order valence-electron chi connectivity index (χ2n) is 7.11. The minimum atomic E-state index is -0.155. The van der Waals surface area contributed by atoms with Crippen LogP contribution in [0, 0.1) is 0 Å². The molecule has 1 saturated carbocycles. The number of likely N-dealkylation sites (tertiary alicyclic amines) is 1. The molecule has 0 bridgehead atoms. The van der Waals surface area contributed by atoms with E-state index in [-0.39, 0.29) is 18.0 Å². The van der Waals surface area contributed by atoms with Gasteiger partial charge in [0.25, 0.3) is 5.91 Å². The van der Waals surface area contributed by atoms with Gasteiger partial charge in [-0.2, -0.15) is 5.10 Å². The van der Waals surface area contributed by atoms with E-state index < -0.39 is 0 Å². The molecule has 1 aliphatic heterocycles. The Morgan fingerprint density at radius 3 is 2.77 bits per heavy atom. The summed E-state index contributed by atoms with van der Waals surface area (Å²) in [6.07, 6.45) is 4.11. The molecule has 4 rings (SSSR count). The minimum Gasteiger partial charge on any atom is -0.345 e. The highest BCUT2D eigenvalue weighted by atomic mass is 35.5. The number of aromatic nitrogens is 2. The van der Waals surface area contributed by atoms with Crippen molar-refractivity contribution in [3.8, 4) is 0 Å². The van der Waals surface area contributed by atoms with Crippen molar-refractivity contribution in [3.05, 3.63) is 57.3 Å². The summed E-state index contributed by atoms with van der Waals surface area (Å²) in [6, 6.07) is 7.63. The molecule has 2 fully saturated rings. The molecule has 1 N–H and O–H groups in total. The van der Waals surface area contributed by atoms with Crippen LogP contribution in [0.2, 0.25) is 10.0 Å². The highest BCUT2D eigenvalue weighted by molar-refractivity contribution is 6.33. The van der Waals surface area contributed by atoms with Gasteiger partial charge in [0.15, 0.2) is 5.69 Å². The first-order valence-electron chi connectivity index (χ1n) is 8.83. The van der Waals surface area contributed by atoms with E-state index in [9.17, 15) is 4.79 Å². The quantitative estimate of drug-likeness (QED) is 0.842. The highest BCUT2D eigenvalue weighted by Gasteiger charge is 2.33. The highest BCUT2D eigenvalue weighted by Crippen LogP contribution is 2.39. The molecule has 1 saturated heterocycles. The van der Waals surface area contributed by atoms with Crippen LogP contribution in [0.5, 0.6) is 0 Å². The Hall–Kier alpha value is -1.69. The topological polar surface area (TPSA) is 58.1 Å². The molecular formula is C19H20Cl2N4O. The Bertz CT molecular complexity index is 834. The van der Waals surface area contributed by atoms with Crippen molar-refractivity contribution in [1.82, 2.24) is 20.4 Å². The second-order valence-corrected chi connectivity index (χ2v) is 7.96. The third kappa shape index (κ3) is 3.70. The first-order chi connectivity index (χ1) is 12.5. The molecule has 136 valence electrons. The van der Waals surface area contributed by atoms with Crippen molar-refractivity contribution < 1.29 is 4.79 Å². The van der Waals surface area contributed by atoms with Crippen molar-refractivity contribution >= 4 is 29.1 Å². The lowest BCUT2D eigenvalue weighted by molar-refractivity contribution is 0.0672. The number of hydrogen-bond donors (Lipinski definition) is 1. The predicted octanol–water partition coefficient (Wildman–Crippen LogP) is 3.84. The van der Waals surface area contributed by atoms with Crippen LogP contribution in [0.4, 0.5) is 0 Å². The molecule has 5 nitrogen and oxygen atoms in total. The second kappa shape index (κ2) is 7.14. The van der Waals surface area contributed by atoms with Gasteiger partial charge in [-0.3, -0.25) is 9.69 Å². The van der Waals surface area contributed by atoms with E-state index >= 15 is 0 Å². The Labute approximate surface area is 162 Å². The number of nitrogens with one attached hydrogen (secondary N) is 1. The zero-order chi connectivity index (χ0) is 18.3. The monoisotopic (exact) mass is 390 g/mol. The normalized spacial score (nSPS) is 19.0. The zero-order valence-corrected chi connectivity index (χ0v) is 16.0. The van der Waals surface area contributed by atoms with Crippen molar-refractivity contribution in [3.63, 3.8) is 0 Å². The number of rotatable bonds is 5. The molecule has 0 radical (unpaired) electrons. The van der Waals surface area contributed by atoms with Gasteiger partial charge in [-0.15, -0.1) is 5.10 Å². The smallest absolute Gasteiger partial charge is 0.272 e. The van der Waals surface area contributed by atoms with Gasteiger partial charge in [0.05, 0.1) is 12.2 Å². The van der Waals surface area contributed by atoms with Crippen molar-refractivity contribution in [2.24, 2.45) is 0 Å². The number of amides is 1. The first kappa shape index (κ1) is 17.7. The molecule has 1 aliphatic carbocycles. The molecule has 2 heterocycles. The van der Waals surface area contributed by atoms with Crippen molar-refractivity contribution in [2.75, 3.05) is 13.1 Å². The SMILES string of the molecule is CC(c1cc(Cl)ccc1Cl)N1CC(NC(=O)c2cc(C3CC3)cnn2)C1. The Balaban J connectivity index is 1.34. The van der Waals surface area contributed by atoms with Gasteiger partial charge in [-0.1, -0.05) is 23.2 Å². The summed E-state index contributed by atoms with van der Waals surface area (Å²) in [6.45, 7) is 3.64. The number of hydrogen-bond acceptors (Lipinski definition) is 4. The van der Waals surface area contributed by atoms with Gasteiger partial charge in [-0.05, 0) is 61.1 Å². The van der Waals surface area contributed by atoms with Crippen LogP contribution in [0.3, 0.4) is 0 Å². The fourth-order valence-corrected chi connectivity index (χ4v) is 3.80. The number of benzene rings is 1. The maximum Gasteiger partial charge on any atom is 0.272 e. The van der Waals surface area contributed by atoms with E-state index in [1.165, 1.54) is 12.8 Å². The maximum atomic E-state index is 12.4. The Kier molecular flexibility index (Phi) is 4.86. The van der Waals surface area contributed by atoms with E-state index in [4.69, 9.17) is 23.2 Å². The van der Waals surface area contributed by atoms with Gasteiger partial charge < -0.3 is 5.32 Å². The summed E-state index contributed by atoms with van der Waals surface area (Å²) in [5.74, 6) is 0.401. The van der Waals surface area contributed by atoms with Crippen LogP contribution < -0.4 is 5.32 Å². The van der Waals surface area contributed by atoms with Gasteiger partial charge in [-0.25, -0.2) is 0 Å². The molecule has 1 amide bonds. The number of halogens is 2. The van der Waals surface area contributed by atoms with Gasteiger partial charge in [0, 0.05) is 29.2 Å². The fourth-order valence-electron chi connectivity index (χ4n) is 3.34. The Morgan fingerprint density at radius 1 is 1.27 bits per heavy atom. The van der Waals surface area contributed by atoms with Gasteiger partial charge in [0.2, 0.25) is 0 Å². The lowest BCUT2D eigenvalue weighted by Crippen LogP contribution is -2.59. The molecule has 1 aromatic carbocycles. The van der Waals surface area contributed by atoms with E-state index in [0.29, 0.717) is 21.7 Å². The summed E-state index contributed by atoms with van der Waals surface area (Å²) in [7, 11) is 0. The van der Waals surface area contributed by atoms with Gasteiger partial charge >= 0.3 is 0 Å². The number of carbonyl (C=O) groups is 1. The standard InChI is InChI=1S/C19H20Cl2N4O/c1-11(16-7-14(20)4-5-17(16)21)25-9-15(10-25)23-19(26)18-6-13(8-22-24-18)12-2-3-12/h4-8,11-12,15H,2-3,9-10H2,1H3,(H,23,26). The number of nitrogens with zero attached hydrogens (tertiary/aromatic N) is 3. The summed E-state index contributed by atoms with van der Waals surface area (Å²) in [5.41, 5.74) is 2.52. The predicted molar refractivity (Wildman–Crippen MR) is 102 cm³/mol. The average molecular weight is 391 g/mol. The summed E-state index contributed by atoms with van der Waals surface area (Å²) < 4.78 is 0. The molecule has 26 heavy (non-hydrogen) atoms. The summed E-state index contributed by atoms with van der Waals surface area (Å²) in [4.78, 5) is 14.7. The van der Waals surface area contributed by atoms with E-state index in [1.807, 2.05) is 18.2 Å². The van der Waals surface area contributed by atoms with Crippen LogP contribution in [0.25, 0.3) is 0 Å². The molecule has 7 heteroatoms. The first-order valence-corrected chi connectivity index (χ1v) is 9.59. The van der Waals surface area contributed by atoms with Crippen LogP contribution in [0.15, 0.2) is 30.5 Å². The van der Waals surface area contributed by atoms with Crippen LogP contribution in [-0.2, 0) is 0 Å². The zero-order valence-electron chi connectivity index (χ0n) is 14.5. The molecule has 2 aliphatic rings. The summed E-state index contributed by atoms with van der Waals surface area (Å²) >= 11 is 12.4. The molecule has 1 aromatic heterocycles. The van der Waals surface area contributed by atoms with Crippen LogP contribution in [-0.4, -0.2) is 40.1 Å². The van der Waals surface area contributed by atoms with Crippen molar-refractivity contribution in [1.29, 1.82) is 0 Å². The number of carbonyl (C=O) groups excluding carboxylic acids is 1. The van der Waals surface area contributed by atoms with Crippen LogP contribution in [0.1, 0.15) is 53.3 Å². The molecular weight excluding hydrogens is 371 g/mol. The van der Waals surface area contributed by atoms with Crippen molar-refractivity contribution in [2.45, 2.75) is 37.8 Å². The summed E-state index contributed by atoms with van der Waals surface area (Å²) in [5, 5.41) is 12.4. The fraction of sp³-hybridized carbons (Fsp3) is 0.421. The van der Waals surface area contributed by atoms with Gasteiger partial charge in [0.1, 0.15) is 0 Å². The minimum absolute atomic E-state index is 0.106. The molecule has 1 atom stereocenters. The lowest BCUT2D eigenvalue weighted by atomic mass is 10.00. The molecule has 2 aromatic rings. The van der Waals surface area contributed by atoms with E-state index in [0.717, 1.165) is 24.2 Å². The third-order valence-electron chi connectivity index (χ3n) is 5.16. The Morgan fingerprint density at radius 2 is 2.04 bits per heavy atom. The van der Waals surface area contributed by atoms with E-state index in [1.54, 1.807) is 12.3 Å². The average Bonchev–Trinajstić information content (AvgIpc) is 3.44. The maximum absolute atomic E-state index is 12.4. The van der Waals surface area contributed by atoms with E-state index in [2.05, 4.69) is 27.3 Å². The van der Waals surface area contributed by atoms with Crippen LogP contribution >= 0.6 is 23.2 Å². The molecule has 0 spiro atoms. The largest absolute Gasteiger partial charge is 0.345 e. The lowest BCUT2D eigenvalue weighted by Gasteiger charge is -2.43. The molecule has 1 unspecified atom stereocenters.